The normalized spacial score (nSPS) is 16.4. The minimum atomic E-state index is -3.48. The van der Waals surface area contributed by atoms with Crippen molar-refractivity contribution in [1.82, 2.24) is 4.98 Å². The lowest BCUT2D eigenvalue weighted by Crippen LogP contribution is -2.37. The molecule has 1 aliphatic rings. The summed E-state index contributed by atoms with van der Waals surface area (Å²) in [7, 11) is -3.48. The van der Waals surface area contributed by atoms with Gasteiger partial charge in [-0.05, 0) is 74.6 Å². The number of benzene rings is 2. The van der Waals surface area contributed by atoms with Gasteiger partial charge >= 0.3 is 0 Å². The van der Waals surface area contributed by atoms with Gasteiger partial charge in [0.25, 0.3) is 0 Å². The first-order valence-corrected chi connectivity index (χ1v) is 13.9. The van der Waals surface area contributed by atoms with E-state index in [0.29, 0.717) is 23.3 Å². The van der Waals surface area contributed by atoms with Crippen LogP contribution in [0.1, 0.15) is 36.8 Å². The Morgan fingerprint density at radius 1 is 1.24 bits per heavy atom. The summed E-state index contributed by atoms with van der Waals surface area (Å²) < 4.78 is 32.1. The van der Waals surface area contributed by atoms with Crippen molar-refractivity contribution < 1.29 is 17.9 Å². The van der Waals surface area contributed by atoms with Crippen LogP contribution in [-0.2, 0) is 19.4 Å². The second-order valence-corrected chi connectivity index (χ2v) is 12.0. The van der Waals surface area contributed by atoms with E-state index in [2.05, 4.69) is 6.07 Å². The number of ether oxygens (including phenoxy) is 1. The first-order chi connectivity index (χ1) is 15.7. The second kappa shape index (κ2) is 10.1. The Morgan fingerprint density at radius 2 is 2.00 bits per heavy atom. The average Bonchev–Trinajstić information content (AvgIpc) is 3.42. The quantitative estimate of drug-likeness (QED) is 0.412. The van der Waals surface area contributed by atoms with Crippen LogP contribution in [0.15, 0.2) is 41.3 Å². The molecule has 1 atom stereocenters. The lowest BCUT2D eigenvalue weighted by atomic mass is 10.1. The number of aryl methyl sites for hydroxylation is 2. The molecule has 0 saturated carbocycles. The van der Waals surface area contributed by atoms with Crippen LogP contribution >= 0.6 is 22.9 Å². The Kier molecular flexibility index (Phi) is 7.38. The first-order valence-electron chi connectivity index (χ1n) is 11.0. The summed E-state index contributed by atoms with van der Waals surface area (Å²) in [6.07, 6.45) is 2.20. The number of amides is 1. The molecule has 3 aromatic rings. The number of anilines is 1. The molecule has 2 aromatic carbocycles. The zero-order valence-corrected chi connectivity index (χ0v) is 21.1. The fourth-order valence-electron chi connectivity index (χ4n) is 4.07. The van der Waals surface area contributed by atoms with Gasteiger partial charge in [0.1, 0.15) is 0 Å². The monoisotopic (exact) mass is 506 g/mol. The molecule has 1 unspecified atom stereocenters. The molecular formula is C24H27ClN2O4S2. The lowest BCUT2D eigenvalue weighted by molar-refractivity contribution is -0.119. The molecule has 0 spiro atoms. The zero-order valence-electron chi connectivity index (χ0n) is 18.7. The van der Waals surface area contributed by atoms with E-state index in [4.69, 9.17) is 21.3 Å². The molecule has 1 saturated heterocycles. The summed E-state index contributed by atoms with van der Waals surface area (Å²) in [6.45, 7) is 5.21. The topological polar surface area (TPSA) is 76.6 Å². The van der Waals surface area contributed by atoms with E-state index in [1.54, 1.807) is 17.0 Å². The minimum absolute atomic E-state index is 0.0263. The van der Waals surface area contributed by atoms with E-state index < -0.39 is 9.84 Å². The summed E-state index contributed by atoms with van der Waals surface area (Å²) in [6, 6.07) is 10.2. The second-order valence-electron chi connectivity index (χ2n) is 8.44. The fraction of sp³-hybridized carbons (Fsp3) is 0.417. The Morgan fingerprint density at radius 3 is 2.70 bits per heavy atom. The van der Waals surface area contributed by atoms with Gasteiger partial charge in [-0.1, -0.05) is 29.0 Å². The number of rotatable bonds is 8. The van der Waals surface area contributed by atoms with Crippen LogP contribution in [0, 0.1) is 13.8 Å². The highest BCUT2D eigenvalue weighted by molar-refractivity contribution is 7.91. The third kappa shape index (κ3) is 5.74. The molecule has 4 rings (SSSR count). The van der Waals surface area contributed by atoms with Crippen LogP contribution in [0.5, 0.6) is 0 Å². The van der Waals surface area contributed by atoms with Crippen molar-refractivity contribution in [2.45, 2.75) is 50.5 Å². The standard InChI is InChI=1S/C24H27ClN2O4S2/c1-16-13-17(2)23-21(14-16)26-24(32-23)27(15-19-5-3-11-31-19)22(28)6-4-12-33(29,30)20-9-7-18(25)8-10-20/h7-10,13-14,19H,3-6,11-12,15H2,1-2H3. The molecule has 33 heavy (non-hydrogen) atoms. The van der Waals surface area contributed by atoms with Gasteiger partial charge in [-0.3, -0.25) is 9.69 Å². The predicted molar refractivity (Wildman–Crippen MR) is 133 cm³/mol. The fourth-order valence-corrected chi connectivity index (χ4v) is 6.55. The molecule has 1 amide bonds. The van der Waals surface area contributed by atoms with Crippen LogP contribution in [0.3, 0.4) is 0 Å². The number of fused-ring (bicyclic) bond motifs is 1. The number of hydrogen-bond donors (Lipinski definition) is 0. The molecule has 1 aliphatic heterocycles. The van der Waals surface area contributed by atoms with E-state index in [9.17, 15) is 13.2 Å². The molecule has 0 bridgehead atoms. The molecule has 1 aromatic heterocycles. The van der Waals surface area contributed by atoms with Gasteiger partial charge in [0.2, 0.25) is 5.91 Å². The highest BCUT2D eigenvalue weighted by atomic mass is 35.5. The van der Waals surface area contributed by atoms with Crippen molar-refractivity contribution in [3.63, 3.8) is 0 Å². The number of thiazole rings is 1. The molecule has 0 radical (unpaired) electrons. The summed E-state index contributed by atoms with van der Waals surface area (Å²) in [5.74, 6) is -0.239. The Labute approximate surface area is 203 Å². The maximum absolute atomic E-state index is 13.3. The van der Waals surface area contributed by atoms with E-state index in [-0.39, 0.29) is 35.5 Å². The van der Waals surface area contributed by atoms with Gasteiger partial charge in [-0.2, -0.15) is 0 Å². The highest BCUT2D eigenvalue weighted by Gasteiger charge is 2.27. The number of aromatic nitrogens is 1. The minimum Gasteiger partial charge on any atom is -0.376 e. The zero-order chi connectivity index (χ0) is 23.6. The molecule has 9 heteroatoms. The van der Waals surface area contributed by atoms with Gasteiger partial charge < -0.3 is 4.74 Å². The van der Waals surface area contributed by atoms with Crippen molar-refractivity contribution in [3.05, 3.63) is 52.5 Å². The maximum Gasteiger partial charge on any atom is 0.228 e. The molecule has 6 nitrogen and oxygen atoms in total. The van der Waals surface area contributed by atoms with E-state index in [1.165, 1.54) is 23.5 Å². The predicted octanol–water partition coefficient (Wildman–Crippen LogP) is 5.33. The first kappa shape index (κ1) is 24.1. The van der Waals surface area contributed by atoms with Crippen LogP contribution in [-0.4, -0.2) is 44.3 Å². The highest BCUT2D eigenvalue weighted by Crippen LogP contribution is 2.33. The summed E-state index contributed by atoms with van der Waals surface area (Å²) in [5.41, 5.74) is 3.14. The molecular weight excluding hydrogens is 480 g/mol. The van der Waals surface area contributed by atoms with Crippen LogP contribution in [0.25, 0.3) is 10.2 Å². The molecule has 0 N–H and O–H groups in total. The number of hydrogen-bond acceptors (Lipinski definition) is 6. The lowest BCUT2D eigenvalue weighted by Gasteiger charge is -2.23. The molecule has 2 heterocycles. The number of carbonyl (C=O) groups is 1. The van der Waals surface area contributed by atoms with Crippen molar-refractivity contribution in [2.75, 3.05) is 23.8 Å². The van der Waals surface area contributed by atoms with Crippen LogP contribution < -0.4 is 4.90 Å². The van der Waals surface area contributed by atoms with Crippen molar-refractivity contribution in [3.8, 4) is 0 Å². The van der Waals surface area contributed by atoms with E-state index in [1.807, 2.05) is 19.9 Å². The third-order valence-electron chi connectivity index (χ3n) is 5.73. The largest absolute Gasteiger partial charge is 0.376 e. The molecule has 0 aliphatic carbocycles. The van der Waals surface area contributed by atoms with Crippen LogP contribution in [0.2, 0.25) is 5.02 Å². The molecule has 176 valence electrons. The van der Waals surface area contributed by atoms with Gasteiger partial charge in [-0.15, -0.1) is 0 Å². The Hall–Kier alpha value is -2.00. The number of nitrogens with zero attached hydrogens (tertiary/aromatic N) is 2. The number of sulfone groups is 1. The summed E-state index contributed by atoms with van der Waals surface area (Å²) >= 11 is 7.36. The van der Waals surface area contributed by atoms with Crippen molar-refractivity contribution in [2.24, 2.45) is 0 Å². The molecule has 1 fully saturated rings. The van der Waals surface area contributed by atoms with Gasteiger partial charge in [0.05, 0.1) is 33.5 Å². The van der Waals surface area contributed by atoms with E-state index in [0.717, 1.165) is 34.2 Å². The van der Waals surface area contributed by atoms with E-state index >= 15 is 0 Å². The average molecular weight is 507 g/mol. The third-order valence-corrected chi connectivity index (χ3v) is 9.03. The van der Waals surface area contributed by atoms with Crippen molar-refractivity contribution >= 4 is 54.0 Å². The van der Waals surface area contributed by atoms with Crippen molar-refractivity contribution in [1.29, 1.82) is 0 Å². The Balaban J connectivity index is 1.50. The van der Waals surface area contributed by atoms with Gasteiger partial charge in [-0.25, -0.2) is 13.4 Å². The summed E-state index contributed by atoms with van der Waals surface area (Å²) in [4.78, 5) is 19.9. The smallest absolute Gasteiger partial charge is 0.228 e. The summed E-state index contributed by atoms with van der Waals surface area (Å²) in [5, 5.41) is 1.12. The van der Waals surface area contributed by atoms with Gasteiger partial charge in [0.15, 0.2) is 15.0 Å². The van der Waals surface area contributed by atoms with Gasteiger partial charge in [0, 0.05) is 18.1 Å². The Bertz CT molecular complexity index is 1250. The number of halogens is 1. The maximum atomic E-state index is 13.3. The number of carbonyl (C=O) groups excluding carboxylic acids is 1. The van der Waals surface area contributed by atoms with Crippen LogP contribution in [0.4, 0.5) is 5.13 Å². The SMILES string of the molecule is Cc1cc(C)c2sc(N(CC3CCCO3)C(=O)CCCS(=O)(=O)c3ccc(Cl)cc3)nc2c1.